The van der Waals surface area contributed by atoms with Crippen molar-refractivity contribution in [3.8, 4) is 10.6 Å². The summed E-state index contributed by atoms with van der Waals surface area (Å²) in [5, 5.41) is 5.52. The van der Waals surface area contributed by atoms with Crippen LogP contribution in [-0.4, -0.2) is 26.6 Å². The zero-order chi connectivity index (χ0) is 23.7. The van der Waals surface area contributed by atoms with E-state index in [1.165, 1.54) is 16.8 Å². The number of benzene rings is 2. The Hall–Kier alpha value is -3.92. The molecule has 2 N–H and O–H groups in total. The average Bonchev–Trinajstić information content (AvgIpc) is 3.19. The van der Waals surface area contributed by atoms with Gasteiger partial charge in [-0.3, -0.25) is 25.2 Å². The van der Waals surface area contributed by atoms with Crippen molar-refractivity contribution >= 4 is 33.9 Å². The summed E-state index contributed by atoms with van der Waals surface area (Å²) in [5.74, 6) is -1.57. The van der Waals surface area contributed by atoms with E-state index in [1.54, 1.807) is 57.2 Å². The van der Waals surface area contributed by atoms with Gasteiger partial charge >= 0.3 is 0 Å². The molecule has 0 aliphatic carbocycles. The number of hydrogen-bond donors (Lipinski definition) is 2. The van der Waals surface area contributed by atoms with Crippen molar-refractivity contribution in [2.75, 3.05) is 0 Å². The predicted octanol–water partition coefficient (Wildman–Crippen LogP) is 3.62. The fraction of sp³-hybridized carbons (Fsp3) is 0.174. The van der Waals surface area contributed by atoms with E-state index in [-0.39, 0.29) is 23.1 Å². The van der Waals surface area contributed by atoms with Gasteiger partial charge in [-0.15, -0.1) is 11.3 Å². The Labute approximate surface area is 192 Å². The van der Waals surface area contributed by atoms with Crippen LogP contribution in [0.4, 0.5) is 4.39 Å². The minimum absolute atomic E-state index is 0.0206. The summed E-state index contributed by atoms with van der Waals surface area (Å²) in [4.78, 5) is 42.9. The molecule has 4 aromatic rings. The van der Waals surface area contributed by atoms with Gasteiger partial charge < -0.3 is 0 Å². The van der Waals surface area contributed by atoms with E-state index in [2.05, 4.69) is 20.9 Å². The molecule has 4 rings (SSSR count). The third-order valence-corrected chi connectivity index (χ3v) is 6.12. The fourth-order valence-electron chi connectivity index (χ4n) is 3.28. The Morgan fingerprint density at radius 3 is 2.30 bits per heavy atom. The molecular formula is C23H20FN5O3S. The highest BCUT2D eigenvalue weighted by molar-refractivity contribution is 7.17. The number of halogens is 1. The molecule has 0 bridgehead atoms. The largest absolute Gasteiger partial charge is 0.290 e. The molecule has 0 unspecified atom stereocenters. The maximum atomic E-state index is 13.2. The Bertz CT molecular complexity index is 1430. The number of thiazole rings is 1. The van der Waals surface area contributed by atoms with Gasteiger partial charge in [-0.05, 0) is 51.1 Å². The molecule has 33 heavy (non-hydrogen) atoms. The third kappa shape index (κ3) is 4.37. The quantitative estimate of drug-likeness (QED) is 0.448. The second-order valence-electron chi connectivity index (χ2n) is 7.59. The van der Waals surface area contributed by atoms with Crippen LogP contribution in [0.3, 0.4) is 0 Å². The van der Waals surface area contributed by atoms with Gasteiger partial charge in [-0.1, -0.05) is 18.2 Å². The smallest absolute Gasteiger partial charge is 0.267 e. The van der Waals surface area contributed by atoms with Crippen LogP contribution < -0.4 is 16.4 Å². The molecule has 0 aliphatic rings. The van der Waals surface area contributed by atoms with Crippen molar-refractivity contribution < 1.29 is 14.0 Å². The van der Waals surface area contributed by atoms with Crippen LogP contribution in [0.5, 0.6) is 0 Å². The molecule has 2 aromatic carbocycles. The van der Waals surface area contributed by atoms with Gasteiger partial charge in [0.15, 0.2) is 5.69 Å². The van der Waals surface area contributed by atoms with E-state index in [1.807, 2.05) is 0 Å². The van der Waals surface area contributed by atoms with Crippen LogP contribution in [0.1, 0.15) is 45.7 Å². The van der Waals surface area contributed by atoms with E-state index >= 15 is 0 Å². The molecule has 2 amide bonds. The first-order valence-electron chi connectivity index (χ1n) is 10.1. The van der Waals surface area contributed by atoms with E-state index in [4.69, 9.17) is 0 Å². The van der Waals surface area contributed by atoms with Crippen LogP contribution in [-0.2, 0) is 0 Å². The first-order chi connectivity index (χ1) is 15.8. The van der Waals surface area contributed by atoms with E-state index in [0.717, 1.165) is 11.3 Å². The lowest BCUT2D eigenvalue weighted by Gasteiger charge is -2.13. The first kappa shape index (κ1) is 22.3. The van der Waals surface area contributed by atoms with Crippen LogP contribution in [0.2, 0.25) is 0 Å². The van der Waals surface area contributed by atoms with E-state index in [9.17, 15) is 18.8 Å². The summed E-state index contributed by atoms with van der Waals surface area (Å²) in [6.45, 7) is 5.25. The van der Waals surface area contributed by atoms with E-state index < -0.39 is 11.8 Å². The number of carbonyl (C=O) groups is 2. The standard InChI is InChI=1S/C23H20FN5O3S/c1-12(2)29-23(32)17-7-5-4-6-16(17)18(28-29)20(30)26-27-21(31)19-13(3)25-22(33-19)14-8-10-15(24)11-9-14/h4-12H,1-3H3,(H,26,30)(H,27,31). The first-order valence-corrected chi connectivity index (χ1v) is 10.9. The molecule has 0 atom stereocenters. The molecule has 0 radical (unpaired) electrons. The van der Waals surface area contributed by atoms with Crippen molar-refractivity contribution in [1.29, 1.82) is 0 Å². The number of aromatic nitrogens is 3. The highest BCUT2D eigenvalue weighted by Gasteiger charge is 2.20. The molecule has 10 heteroatoms. The van der Waals surface area contributed by atoms with E-state index in [0.29, 0.717) is 31.9 Å². The molecule has 8 nitrogen and oxygen atoms in total. The van der Waals surface area contributed by atoms with Crippen LogP contribution in [0, 0.1) is 12.7 Å². The van der Waals surface area contributed by atoms with Gasteiger partial charge in [0.1, 0.15) is 15.7 Å². The van der Waals surface area contributed by atoms with Crippen LogP contribution >= 0.6 is 11.3 Å². The maximum absolute atomic E-state index is 13.2. The second kappa shape index (κ2) is 8.91. The summed E-state index contributed by atoms with van der Waals surface area (Å²) in [7, 11) is 0. The Balaban J connectivity index is 1.57. The minimum atomic E-state index is -0.658. The summed E-state index contributed by atoms with van der Waals surface area (Å²) < 4.78 is 14.4. The molecule has 0 fully saturated rings. The van der Waals surface area contributed by atoms with Crippen molar-refractivity contribution in [3.63, 3.8) is 0 Å². The Morgan fingerprint density at radius 1 is 1.00 bits per heavy atom. The Kier molecular flexibility index (Phi) is 6.01. The molecule has 0 spiro atoms. The predicted molar refractivity (Wildman–Crippen MR) is 124 cm³/mol. The minimum Gasteiger partial charge on any atom is -0.267 e. The van der Waals surface area contributed by atoms with Gasteiger partial charge in [0.2, 0.25) is 0 Å². The van der Waals surface area contributed by atoms with Crippen LogP contribution in [0.15, 0.2) is 53.3 Å². The number of carbonyl (C=O) groups excluding carboxylic acids is 2. The number of nitrogens with one attached hydrogen (secondary N) is 2. The third-order valence-electron chi connectivity index (χ3n) is 4.92. The van der Waals surface area contributed by atoms with Gasteiger partial charge in [0.25, 0.3) is 17.4 Å². The summed E-state index contributed by atoms with van der Waals surface area (Å²) in [5.41, 5.74) is 5.64. The van der Waals surface area contributed by atoms with Crippen molar-refractivity contribution in [3.05, 3.63) is 81.0 Å². The number of nitrogens with zero attached hydrogens (tertiary/aromatic N) is 3. The number of rotatable bonds is 4. The number of aryl methyl sites for hydroxylation is 1. The normalized spacial score (nSPS) is 11.1. The molecule has 2 aromatic heterocycles. The fourth-order valence-corrected chi connectivity index (χ4v) is 4.24. The highest BCUT2D eigenvalue weighted by atomic mass is 32.1. The lowest BCUT2D eigenvalue weighted by molar-refractivity contribution is 0.0845. The average molecular weight is 466 g/mol. The summed E-state index contributed by atoms with van der Waals surface area (Å²) in [6, 6.07) is 12.2. The molecular weight excluding hydrogens is 445 g/mol. The van der Waals surface area contributed by atoms with Crippen molar-refractivity contribution in [1.82, 2.24) is 25.6 Å². The summed E-state index contributed by atoms with van der Waals surface area (Å²) in [6.07, 6.45) is 0. The lowest BCUT2D eigenvalue weighted by atomic mass is 10.1. The van der Waals surface area contributed by atoms with Gasteiger partial charge in [0.05, 0.1) is 17.1 Å². The van der Waals surface area contributed by atoms with Crippen molar-refractivity contribution in [2.24, 2.45) is 0 Å². The second-order valence-corrected chi connectivity index (χ2v) is 8.59. The SMILES string of the molecule is Cc1nc(-c2ccc(F)cc2)sc1C(=O)NNC(=O)c1nn(C(C)C)c(=O)c2ccccc12. The monoisotopic (exact) mass is 465 g/mol. The molecule has 2 heterocycles. The van der Waals surface area contributed by atoms with Gasteiger partial charge in [-0.25, -0.2) is 14.1 Å². The van der Waals surface area contributed by atoms with Crippen molar-refractivity contribution in [2.45, 2.75) is 26.8 Å². The van der Waals surface area contributed by atoms with Gasteiger partial charge in [-0.2, -0.15) is 5.10 Å². The number of hydrogen-bond acceptors (Lipinski definition) is 6. The summed E-state index contributed by atoms with van der Waals surface area (Å²) >= 11 is 1.13. The molecule has 168 valence electrons. The number of hydrazine groups is 1. The maximum Gasteiger partial charge on any atom is 0.290 e. The molecule has 0 saturated heterocycles. The van der Waals surface area contributed by atoms with Crippen LogP contribution in [0.25, 0.3) is 21.3 Å². The number of amides is 2. The number of fused-ring (bicyclic) bond motifs is 1. The highest BCUT2D eigenvalue weighted by Crippen LogP contribution is 2.28. The Morgan fingerprint density at radius 2 is 1.64 bits per heavy atom. The zero-order valence-electron chi connectivity index (χ0n) is 18.0. The molecule has 0 aliphatic heterocycles. The molecule has 0 saturated carbocycles. The topological polar surface area (TPSA) is 106 Å². The zero-order valence-corrected chi connectivity index (χ0v) is 18.9. The lowest BCUT2D eigenvalue weighted by Crippen LogP contribution is -2.42. The van der Waals surface area contributed by atoms with Gasteiger partial charge in [0, 0.05) is 10.9 Å².